The first-order valence-electron chi connectivity index (χ1n) is 7.28. The largest absolute Gasteiger partial charge is 0.352 e. The van der Waals surface area contributed by atoms with Gasteiger partial charge >= 0.3 is 0 Å². The molecular weight excluding hydrogens is 284 g/mol. The molecule has 0 radical (unpaired) electrons. The van der Waals surface area contributed by atoms with E-state index in [1.165, 1.54) is 0 Å². The second kappa shape index (κ2) is 6.98. The van der Waals surface area contributed by atoms with E-state index in [1.807, 2.05) is 45.0 Å². The number of benzene rings is 1. The van der Waals surface area contributed by atoms with E-state index < -0.39 is 0 Å². The molecule has 2 rings (SSSR count). The van der Waals surface area contributed by atoms with Crippen LogP contribution in [0.1, 0.15) is 36.2 Å². The molecule has 1 aliphatic heterocycles. The molecule has 0 bridgehead atoms. The van der Waals surface area contributed by atoms with Crippen molar-refractivity contribution in [3.63, 3.8) is 0 Å². The number of hydrogen-bond acceptors (Lipinski definition) is 3. The average Bonchev–Trinajstić information content (AvgIpc) is 2.96. The summed E-state index contributed by atoms with van der Waals surface area (Å²) in [6.07, 6.45) is 0.886. The number of hydrogen-bond donors (Lipinski definition) is 1. The summed E-state index contributed by atoms with van der Waals surface area (Å²) in [7, 11) is 0. The molecule has 2 atom stereocenters. The summed E-state index contributed by atoms with van der Waals surface area (Å²) in [6.45, 7) is 6.00. The van der Waals surface area contributed by atoms with Crippen LogP contribution in [0.4, 0.5) is 0 Å². The zero-order valence-electron chi connectivity index (χ0n) is 12.8. The van der Waals surface area contributed by atoms with Gasteiger partial charge in [-0.1, -0.05) is 24.6 Å². The maximum atomic E-state index is 12.6. The summed E-state index contributed by atoms with van der Waals surface area (Å²) in [6, 6.07) is 7.27. The maximum absolute atomic E-state index is 12.6. The summed E-state index contributed by atoms with van der Waals surface area (Å²) in [5.41, 5.74) is 1.76. The van der Waals surface area contributed by atoms with E-state index >= 15 is 0 Å². The minimum Gasteiger partial charge on any atom is -0.352 e. The van der Waals surface area contributed by atoms with E-state index in [1.54, 1.807) is 16.7 Å². The predicted molar refractivity (Wildman–Crippen MR) is 86.4 cm³/mol. The molecule has 1 aromatic carbocycles. The number of nitrogens with one attached hydrogen (secondary N) is 1. The Hall–Kier alpha value is -1.49. The van der Waals surface area contributed by atoms with Crippen molar-refractivity contribution < 1.29 is 9.59 Å². The number of rotatable bonds is 4. The molecule has 114 valence electrons. The number of aryl methyl sites for hydroxylation is 1. The molecule has 4 nitrogen and oxygen atoms in total. The van der Waals surface area contributed by atoms with E-state index in [4.69, 9.17) is 0 Å². The molecule has 0 saturated carbocycles. The van der Waals surface area contributed by atoms with Gasteiger partial charge in [-0.25, -0.2) is 0 Å². The van der Waals surface area contributed by atoms with Crippen LogP contribution in [0.15, 0.2) is 24.3 Å². The zero-order valence-corrected chi connectivity index (χ0v) is 13.6. The third-order valence-electron chi connectivity index (χ3n) is 3.75. The van der Waals surface area contributed by atoms with Crippen molar-refractivity contribution in [2.24, 2.45) is 0 Å². The first-order valence-corrected chi connectivity index (χ1v) is 8.44. The maximum Gasteiger partial charge on any atom is 0.255 e. The van der Waals surface area contributed by atoms with Crippen LogP contribution in [-0.4, -0.2) is 40.4 Å². The Labute approximate surface area is 130 Å². The van der Waals surface area contributed by atoms with Crippen molar-refractivity contribution in [2.75, 3.05) is 11.6 Å². The van der Waals surface area contributed by atoms with Gasteiger partial charge in [-0.05, 0) is 32.4 Å². The van der Waals surface area contributed by atoms with Gasteiger partial charge in [0.05, 0.1) is 5.88 Å². The molecule has 1 N–H and O–H groups in total. The minimum atomic E-state index is -0.363. The summed E-state index contributed by atoms with van der Waals surface area (Å²) in [5, 5.41) is 2.97. The Morgan fingerprint density at radius 3 is 2.67 bits per heavy atom. The smallest absolute Gasteiger partial charge is 0.255 e. The number of carbonyl (C=O) groups excluding carboxylic acids is 2. The quantitative estimate of drug-likeness (QED) is 0.929. The average molecular weight is 306 g/mol. The third-order valence-corrected chi connectivity index (χ3v) is 4.76. The van der Waals surface area contributed by atoms with Crippen LogP contribution in [0.3, 0.4) is 0 Å². The summed E-state index contributed by atoms with van der Waals surface area (Å²) in [5.74, 6) is 1.13. The lowest BCUT2D eigenvalue weighted by atomic mass is 10.1. The van der Waals surface area contributed by atoms with Gasteiger partial charge in [0.1, 0.15) is 6.04 Å². The van der Waals surface area contributed by atoms with Crippen LogP contribution in [0.25, 0.3) is 0 Å². The predicted octanol–water partition coefficient (Wildman–Crippen LogP) is 2.42. The Morgan fingerprint density at radius 2 is 2.05 bits per heavy atom. The van der Waals surface area contributed by atoms with Gasteiger partial charge in [0, 0.05) is 17.4 Å². The molecule has 0 spiro atoms. The Balaban J connectivity index is 2.09. The summed E-state index contributed by atoms with van der Waals surface area (Å²) in [4.78, 5) is 26.5. The van der Waals surface area contributed by atoms with Crippen molar-refractivity contribution in [2.45, 2.75) is 39.3 Å². The lowest BCUT2D eigenvalue weighted by Gasteiger charge is -2.24. The van der Waals surface area contributed by atoms with E-state index in [9.17, 15) is 9.59 Å². The van der Waals surface area contributed by atoms with Crippen LogP contribution in [0.5, 0.6) is 0 Å². The van der Waals surface area contributed by atoms with E-state index in [0.717, 1.165) is 12.0 Å². The molecule has 5 heteroatoms. The third kappa shape index (κ3) is 3.79. The molecule has 1 aromatic rings. The zero-order chi connectivity index (χ0) is 15.4. The SMILES string of the molecule is CC[C@H](C)NC(=O)[C@@H]1CSCN1C(=O)c1ccc(C)cc1. The molecule has 0 aromatic heterocycles. The van der Waals surface area contributed by atoms with E-state index in [0.29, 0.717) is 17.2 Å². The highest BCUT2D eigenvalue weighted by Gasteiger charge is 2.35. The second-order valence-electron chi connectivity index (χ2n) is 5.47. The van der Waals surface area contributed by atoms with Gasteiger partial charge in [0.15, 0.2) is 0 Å². The summed E-state index contributed by atoms with van der Waals surface area (Å²) < 4.78 is 0. The normalized spacial score (nSPS) is 19.4. The monoisotopic (exact) mass is 306 g/mol. The van der Waals surface area contributed by atoms with Crippen molar-refractivity contribution in [1.82, 2.24) is 10.2 Å². The fraction of sp³-hybridized carbons (Fsp3) is 0.500. The van der Waals surface area contributed by atoms with Gasteiger partial charge < -0.3 is 10.2 Å². The fourth-order valence-electron chi connectivity index (χ4n) is 2.16. The molecule has 21 heavy (non-hydrogen) atoms. The highest BCUT2D eigenvalue weighted by atomic mass is 32.2. The molecule has 0 unspecified atom stereocenters. The molecule has 1 heterocycles. The Bertz CT molecular complexity index is 516. The van der Waals surface area contributed by atoms with Crippen LogP contribution in [0.2, 0.25) is 0 Å². The molecule has 1 saturated heterocycles. The molecular formula is C16H22N2O2S. The first-order chi connectivity index (χ1) is 10.0. The van der Waals surface area contributed by atoms with Crippen LogP contribution >= 0.6 is 11.8 Å². The number of carbonyl (C=O) groups is 2. The second-order valence-corrected chi connectivity index (χ2v) is 6.47. The van der Waals surface area contributed by atoms with Gasteiger partial charge in [-0.2, -0.15) is 0 Å². The van der Waals surface area contributed by atoms with Crippen molar-refractivity contribution in [3.8, 4) is 0 Å². The van der Waals surface area contributed by atoms with Crippen molar-refractivity contribution in [1.29, 1.82) is 0 Å². The van der Waals surface area contributed by atoms with Crippen molar-refractivity contribution in [3.05, 3.63) is 35.4 Å². The molecule has 1 fully saturated rings. The van der Waals surface area contributed by atoms with Crippen molar-refractivity contribution >= 4 is 23.6 Å². The van der Waals surface area contributed by atoms with Crippen LogP contribution < -0.4 is 5.32 Å². The van der Waals surface area contributed by atoms with Gasteiger partial charge in [0.25, 0.3) is 5.91 Å². The number of thioether (sulfide) groups is 1. The summed E-state index contributed by atoms with van der Waals surface area (Å²) >= 11 is 1.62. The lowest BCUT2D eigenvalue weighted by Crippen LogP contribution is -2.49. The van der Waals surface area contributed by atoms with Crippen LogP contribution in [-0.2, 0) is 4.79 Å². The van der Waals surface area contributed by atoms with Crippen LogP contribution in [0, 0.1) is 6.92 Å². The Kier molecular flexibility index (Phi) is 5.28. The number of amides is 2. The first kappa shape index (κ1) is 15.9. The van der Waals surface area contributed by atoms with E-state index in [-0.39, 0.29) is 23.9 Å². The molecule has 2 amide bonds. The van der Waals surface area contributed by atoms with Gasteiger partial charge in [-0.3, -0.25) is 9.59 Å². The molecule has 1 aliphatic rings. The highest BCUT2D eigenvalue weighted by molar-refractivity contribution is 7.99. The molecule has 0 aliphatic carbocycles. The minimum absolute atomic E-state index is 0.0465. The topological polar surface area (TPSA) is 49.4 Å². The van der Waals surface area contributed by atoms with E-state index in [2.05, 4.69) is 5.32 Å². The van der Waals surface area contributed by atoms with Gasteiger partial charge in [0.2, 0.25) is 5.91 Å². The Morgan fingerprint density at radius 1 is 1.38 bits per heavy atom. The standard InChI is InChI=1S/C16H22N2O2S/c1-4-12(3)17-15(19)14-9-21-10-18(14)16(20)13-7-5-11(2)6-8-13/h5-8,12,14H,4,9-10H2,1-3H3,(H,17,19)/t12-,14-/m0/s1. The van der Waals surface area contributed by atoms with Gasteiger partial charge in [-0.15, -0.1) is 11.8 Å². The highest BCUT2D eigenvalue weighted by Crippen LogP contribution is 2.23. The lowest BCUT2D eigenvalue weighted by molar-refractivity contribution is -0.125. The fourth-order valence-corrected chi connectivity index (χ4v) is 3.32. The number of nitrogens with zero attached hydrogens (tertiary/aromatic N) is 1.